The van der Waals surface area contributed by atoms with E-state index in [0.29, 0.717) is 33.7 Å². The molecule has 2 aromatic carbocycles. The Kier molecular flexibility index (Phi) is 7.06. The van der Waals surface area contributed by atoms with Gasteiger partial charge < -0.3 is 19.7 Å². The lowest BCUT2D eigenvalue weighted by molar-refractivity contribution is -0.160. The second-order valence-corrected chi connectivity index (χ2v) is 8.73. The van der Waals surface area contributed by atoms with Gasteiger partial charge in [-0.25, -0.2) is 9.87 Å². The van der Waals surface area contributed by atoms with E-state index in [1.165, 1.54) is 7.11 Å². The Morgan fingerprint density at radius 3 is 2.53 bits per heavy atom. The van der Waals surface area contributed by atoms with Crippen LogP contribution in [-0.4, -0.2) is 27.7 Å². The number of hydrogen-bond donors (Lipinski definition) is 2. The summed E-state index contributed by atoms with van der Waals surface area (Å²) in [5.41, 5.74) is 1.33. The molecule has 0 aliphatic carbocycles. The zero-order chi connectivity index (χ0) is 24.2. The lowest BCUT2D eigenvalue weighted by Gasteiger charge is -2.11. The first-order valence-electron chi connectivity index (χ1n) is 10.6. The molecule has 0 radical (unpaired) electrons. The monoisotopic (exact) mass is 479 g/mol. The third kappa shape index (κ3) is 5.17. The zero-order valence-electron chi connectivity index (χ0n) is 19.2. The van der Waals surface area contributed by atoms with E-state index in [9.17, 15) is 9.90 Å². The highest BCUT2D eigenvalue weighted by Gasteiger charge is 2.19. The van der Waals surface area contributed by atoms with E-state index in [1.807, 2.05) is 45.2 Å². The summed E-state index contributed by atoms with van der Waals surface area (Å²) < 4.78 is 12.8. The highest BCUT2D eigenvalue weighted by atomic mass is 32.2. The van der Waals surface area contributed by atoms with Gasteiger partial charge in [0.15, 0.2) is 5.88 Å². The summed E-state index contributed by atoms with van der Waals surface area (Å²) >= 11 is 1.08. The summed E-state index contributed by atoms with van der Waals surface area (Å²) in [5.74, 6) is 1.17. The highest BCUT2D eigenvalue weighted by molar-refractivity contribution is 7.94. The lowest BCUT2D eigenvalue weighted by Crippen LogP contribution is -2.13. The second-order valence-electron chi connectivity index (χ2n) is 7.96. The molecule has 2 N–H and O–H groups in total. The SMILES string of the molecule is COOSc1ccc(Oc2cc(C(=O)Nc3ccc(C)cn3)cc3c(O)n(C(C)C)cc23)cc1. The second kappa shape index (κ2) is 10.2. The molecule has 0 saturated heterocycles. The molecular formula is C25H25N3O5S. The maximum Gasteiger partial charge on any atom is 0.256 e. The van der Waals surface area contributed by atoms with Crippen LogP contribution in [0.5, 0.6) is 17.4 Å². The van der Waals surface area contributed by atoms with Gasteiger partial charge in [-0.2, -0.15) is 4.33 Å². The van der Waals surface area contributed by atoms with E-state index in [4.69, 9.17) is 9.07 Å². The van der Waals surface area contributed by atoms with Gasteiger partial charge in [-0.15, -0.1) is 0 Å². The van der Waals surface area contributed by atoms with Gasteiger partial charge in [-0.05, 0) is 68.8 Å². The lowest BCUT2D eigenvalue weighted by atomic mass is 10.1. The van der Waals surface area contributed by atoms with Crippen molar-refractivity contribution < 1.29 is 23.9 Å². The molecule has 2 aromatic heterocycles. The Hall–Kier alpha value is -3.53. The topological polar surface area (TPSA) is 94.8 Å². The van der Waals surface area contributed by atoms with Gasteiger partial charge in [0.25, 0.3) is 5.91 Å². The minimum absolute atomic E-state index is 0.0198. The Labute approximate surface area is 201 Å². The molecule has 1 amide bonds. The quantitative estimate of drug-likeness (QED) is 0.175. The number of amides is 1. The molecule has 176 valence electrons. The Morgan fingerprint density at radius 1 is 1.12 bits per heavy atom. The van der Waals surface area contributed by atoms with Crippen molar-refractivity contribution in [2.45, 2.75) is 31.7 Å². The van der Waals surface area contributed by atoms with Gasteiger partial charge in [-0.1, -0.05) is 6.07 Å². The first-order valence-corrected chi connectivity index (χ1v) is 11.4. The fourth-order valence-corrected chi connectivity index (χ4v) is 3.78. The fourth-order valence-electron chi connectivity index (χ4n) is 3.39. The normalized spacial score (nSPS) is 11.2. The molecule has 2 heterocycles. The summed E-state index contributed by atoms with van der Waals surface area (Å²) in [6.07, 6.45) is 3.51. The van der Waals surface area contributed by atoms with Gasteiger partial charge in [0.2, 0.25) is 0 Å². The van der Waals surface area contributed by atoms with Crippen LogP contribution >= 0.6 is 12.0 Å². The molecule has 9 heteroatoms. The molecule has 0 atom stereocenters. The van der Waals surface area contributed by atoms with Crippen LogP contribution in [0.15, 0.2) is 65.8 Å². The van der Waals surface area contributed by atoms with Crippen LogP contribution in [0.25, 0.3) is 10.8 Å². The number of anilines is 1. The molecule has 0 unspecified atom stereocenters. The maximum atomic E-state index is 13.0. The largest absolute Gasteiger partial charge is 0.494 e. The van der Waals surface area contributed by atoms with Crippen LogP contribution < -0.4 is 10.1 Å². The molecule has 0 aliphatic heterocycles. The van der Waals surface area contributed by atoms with E-state index in [-0.39, 0.29) is 17.8 Å². The van der Waals surface area contributed by atoms with Gasteiger partial charge >= 0.3 is 0 Å². The van der Waals surface area contributed by atoms with Crippen molar-refractivity contribution in [2.75, 3.05) is 12.4 Å². The van der Waals surface area contributed by atoms with Gasteiger partial charge in [0, 0.05) is 39.7 Å². The number of pyridine rings is 1. The minimum Gasteiger partial charge on any atom is -0.494 e. The first-order chi connectivity index (χ1) is 16.4. The predicted molar refractivity (Wildman–Crippen MR) is 131 cm³/mol. The van der Waals surface area contributed by atoms with Crippen molar-refractivity contribution in [3.05, 3.63) is 72.1 Å². The fraction of sp³-hybridized carbons (Fsp3) is 0.200. The predicted octanol–water partition coefficient (Wildman–Crippen LogP) is 6.26. The van der Waals surface area contributed by atoms with Crippen LogP contribution in [-0.2, 0) is 9.22 Å². The number of rotatable bonds is 8. The summed E-state index contributed by atoms with van der Waals surface area (Å²) in [7, 11) is 1.44. The van der Waals surface area contributed by atoms with E-state index < -0.39 is 0 Å². The van der Waals surface area contributed by atoms with Crippen LogP contribution in [0, 0.1) is 6.92 Å². The number of aromatic nitrogens is 2. The molecule has 0 saturated carbocycles. The number of carbonyl (C=O) groups is 1. The number of ether oxygens (including phenoxy) is 1. The highest BCUT2D eigenvalue weighted by Crippen LogP contribution is 2.39. The van der Waals surface area contributed by atoms with E-state index in [2.05, 4.69) is 15.2 Å². The average molecular weight is 480 g/mol. The van der Waals surface area contributed by atoms with Crippen molar-refractivity contribution in [1.29, 1.82) is 0 Å². The third-order valence-electron chi connectivity index (χ3n) is 5.12. The maximum absolute atomic E-state index is 13.0. The number of nitrogens with one attached hydrogen (secondary N) is 1. The molecule has 0 spiro atoms. The van der Waals surface area contributed by atoms with E-state index >= 15 is 0 Å². The van der Waals surface area contributed by atoms with Crippen LogP contribution in [0.4, 0.5) is 5.82 Å². The summed E-state index contributed by atoms with van der Waals surface area (Å²) in [4.78, 5) is 22.7. The number of aromatic hydroxyl groups is 1. The Morgan fingerprint density at radius 2 is 1.88 bits per heavy atom. The number of fused-ring (bicyclic) bond motifs is 1. The Bertz CT molecular complexity index is 1300. The van der Waals surface area contributed by atoms with E-state index in [0.717, 1.165) is 22.5 Å². The first kappa shape index (κ1) is 23.6. The molecular weight excluding hydrogens is 454 g/mol. The van der Waals surface area contributed by atoms with Gasteiger partial charge in [-0.3, -0.25) is 4.79 Å². The van der Waals surface area contributed by atoms with E-state index in [1.54, 1.807) is 41.1 Å². The molecule has 34 heavy (non-hydrogen) atoms. The van der Waals surface area contributed by atoms with Crippen molar-refractivity contribution in [3.8, 4) is 17.4 Å². The summed E-state index contributed by atoms with van der Waals surface area (Å²) in [5, 5.41) is 14.8. The van der Waals surface area contributed by atoms with Crippen molar-refractivity contribution in [1.82, 2.24) is 9.55 Å². The third-order valence-corrected chi connectivity index (χ3v) is 5.79. The summed E-state index contributed by atoms with van der Waals surface area (Å²) in [6, 6.07) is 14.2. The molecule has 0 fully saturated rings. The van der Waals surface area contributed by atoms with Gasteiger partial charge in [0.1, 0.15) is 17.3 Å². The smallest absolute Gasteiger partial charge is 0.256 e. The molecule has 0 bridgehead atoms. The van der Waals surface area contributed by atoms with Crippen LogP contribution in [0.3, 0.4) is 0 Å². The molecule has 8 nitrogen and oxygen atoms in total. The average Bonchev–Trinajstić information content (AvgIpc) is 3.17. The van der Waals surface area contributed by atoms with Gasteiger partial charge in [0.05, 0.1) is 19.2 Å². The van der Waals surface area contributed by atoms with Crippen molar-refractivity contribution in [3.63, 3.8) is 0 Å². The van der Waals surface area contributed by atoms with Crippen molar-refractivity contribution >= 4 is 34.5 Å². The van der Waals surface area contributed by atoms with Crippen LogP contribution in [0.2, 0.25) is 0 Å². The molecule has 0 aliphatic rings. The summed E-state index contributed by atoms with van der Waals surface area (Å²) in [6.45, 7) is 5.86. The standard InChI is InChI=1S/C25H25N3O5S/c1-15(2)28-14-21-20(25(28)30)11-17(24(29)27-23-10-5-16(3)13-26-23)12-22(21)32-18-6-8-19(9-7-18)34-33-31-4/h5-15,30H,1-4H3,(H,26,27,29). The zero-order valence-corrected chi connectivity index (χ0v) is 20.1. The molecule has 4 aromatic rings. The van der Waals surface area contributed by atoms with Crippen LogP contribution in [0.1, 0.15) is 35.8 Å². The minimum atomic E-state index is -0.358. The number of carbonyl (C=O) groups excluding carboxylic acids is 1. The molecule has 4 rings (SSSR count). The number of nitrogens with zero attached hydrogens (tertiary/aromatic N) is 2. The van der Waals surface area contributed by atoms with Crippen molar-refractivity contribution in [2.24, 2.45) is 0 Å². The number of hydrogen-bond acceptors (Lipinski definition) is 7. The number of benzene rings is 2. The number of aryl methyl sites for hydroxylation is 1. The Balaban J connectivity index is 1.70.